The van der Waals surface area contributed by atoms with Gasteiger partial charge in [0.2, 0.25) is 0 Å². The molecule has 5 rings (SSSR count). The zero-order chi connectivity index (χ0) is 26.6. The van der Waals surface area contributed by atoms with Crippen LogP contribution in [0.5, 0.6) is 0 Å². The standard InChI is InChI=1S/C27H18Cl2N4O3S2/c28-19-7-3-1-5-17(19)23-24(18-6-2-4-8-20(18)29)38-27(33-23)32-22(34)13-36-25(35)16-11-9-15(10-12-16)21-14-37-26(30)31-21/h1-12,14H,13H2,(H2,30,31)(H,32,33,34). The second-order valence-electron chi connectivity index (χ2n) is 7.93. The van der Waals surface area contributed by atoms with E-state index in [0.717, 1.165) is 21.7 Å². The Morgan fingerprint density at radius 2 is 1.55 bits per heavy atom. The third-order valence-electron chi connectivity index (χ3n) is 5.39. The van der Waals surface area contributed by atoms with Crippen LogP contribution >= 0.6 is 45.9 Å². The molecule has 0 aliphatic carbocycles. The number of thiazole rings is 2. The van der Waals surface area contributed by atoms with Gasteiger partial charge in [0.15, 0.2) is 16.9 Å². The van der Waals surface area contributed by atoms with E-state index in [0.29, 0.717) is 37.1 Å². The summed E-state index contributed by atoms with van der Waals surface area (Å²) in [5, 5.41) is 6.39. The maximum Gasteiger partial charge on any atom is 0.338 e. The summed E-state index contributed by atoms with van der Waals surface area (Å²) in [7, 11) is 0. The molecule has 0 unspecified atom stereocenters. The average Bonchev–Trinajstić information content (AvgIpc) is 3.54. The van der Waals surface area contributed by atoms with E-state index in [1.54, 1.807) is 36.4 Å². The number of anilines is 2. The van der Waals surface area contributed by atoms with Crippen molar-refractivity contribution in [1.82, 2.24) is 9.97 Å². The second-order valence-corrected chi connectivity index (χ2v) is 10.6. The highest BCUT2D eigenvalue weighted by molar-refractivity contribution is 7.19. The SMILES string of the molecule is Nc1nc(-c2ccc(C(=O)OCC(=O)Nc3nc(-c4ccccc4Cl)c(-c4ccccc4Cl)s3)cc2)cs1. The normalized spacial score (nSPS) is 10.8. The molecule has 0 saturated carbocycles. The van der Waals surface area contributed by atoms with Gasteiger partial charge in [0, 0.05) is 27.1 Å². The van der Waals surface area contributed by atoms with Crippen LogP contribution in [-0.2, 0) is 9.53 Å². The quantitative estimate of drug-likeness (QED) is 0.196. The topological polar surface area (TPSA) is 107 Å². The molecule has 1 amide bonds. The lowest BCUT2D eigenvalue weighted by molar-refractivity contribution is -0.119. The van der Waals surface area contributed by atoms with Gasteiger partial charge >= 0.3 is 5.97 Å². The van der Waals surface area contributed by atoms with Crippen molar-refractivity contribution in [3.8, 4) is 33.0 Å². The number of rotatable bonds is 7. The lowest BCUT2D eigenvalue weighted by atomic mass is 10.1. The fourth-order valence-electron chi connectivity index (χ4n) is 3.60. The molecule has 0 spiro atoms. The lowest BCUT2D eigenvalue weighted by Gasteiger charge is -2.06. The minimum Gasteiger partial charge on any atom is -0.452 e. The number of amides is 1. The summed E-state index contributed by atoms with van der Waals surface area (Å²) in [6, 6.07) is 21.4. The third kappa shape index (κ3) is 5.71. The van der Waals surface area contributed by atoms with Crippen LogP contribution in [0.1, 0.15) is 10.4 Å². The lowest BCUT2D eigenvalue weighted by Crippen LogP contribution is -2.20. The van der Waals surface area contributed by atoms with Crippen molar-refractivity contribution in [2.45, 2.75) is 0 Å². The molecular formula is C27H18Cl2N4O3S2. The summed E-state index contributed by atoms with van der Waals surface area (Å²) in [4.78, 5) is 34.7. The van der Waals surface area contributed by atoms with E-state index in [1.165, 1.54) is 22.7 Å². The fraction of sp³-hybridized carbons (Fsp3) is 0.0370. The van der Waals surface area contributed by atoms with Gasteiger partial charge in [0.25, 0.3) is 5.91 Å². The van der Waals surface area contributed by atoms with Crippen molar-refractivity contribution in [2.24, 2.45) is 0 Å². The Morgan fingerprint density at radius 1 is 0.895 bits per heavy atom. The van der Waals surface area contributed by atoms with Gasteiger partial charge in [-0.25, -0.2) is 14.8 Å². The second kappa shape index (κ2) is 11.3. The number of hydrogen-bond acceptors (Lipinski definition) is 8. The Kier molecular flexibility index (Phi) is 7.71. The summed E-state index contributed by atoms with van der Waals surface area (Å²) in [5.74, 6) is -1.16. The summed E-state index contributed by atoms with van der Waals surface area (Å²) in [5.41, 5.74) is 9.58. The molecule has 7 nitrogen and oxygen atoms in total. The largest absolute Gasteiger partial charge is 0.452 e. The van der Waals surface area contributed by atoms with Crippen LogP contribution < -0.4 is 11.1 Å². The van der Waals surface area contributed by atoms with E-state index in [-0.39, 0.29) is 0 Å². The highest BCUT2D eigenvalue weighted by atomic mass is 35.5. The maximum absolute atomic E-state index is 12.6. The molecule has 0 aliphatic rings. The van der Waals surface area contributed by atoms with Crippen LogP contribution in [-0.4, -0.2) is 28.5 Å². The highest BCUT2D eigenvalue weighted by Crippen LogP contribution is 2.43. The van der Waals surface area contributed by atoms with Crippen molar-refractivity contribution in [2.75, 3.05) is 17.7 Å². The predicted molar refractivity (Wildman–Crippen MR) is 154 cm³/mol. The van der Waals surface area contributed by atoms with Crippen molar-refractivity contribution in [3.05, 3.63) is 93.8 Å². The van der Waals surface area contributed by atoms with Gasteiger partial charge in [-0.05, 0) is 24.3 Å². The molecule has 5 aromatic rings. The molecule has 0 radical (unpaired) electrons. The van der Waals surface area contributed by atoms with Crippen LogP contribution in [0.25, 0.3) is 33.0 Å². The average molecular weight is 582 g/mol. The van der Waals surface area contributed by atoms with Crippen LogP contribution in [0, 0.1) is 0 Å². The number of nitrogen functional groups attached to an aromatic ring is 1. The fourth-order valence-corrected chi connectivity index (χ4v) is 5.72. The Bertz CT molecular complexity index is 1570. The van der Waals surface area contributed by atoms with Gasteiger partial charge < -0.3 is 10.5 Å². The number of nitrogens with two attached hydrogens (primary N) is 1. The van der Waals surface area contributed by atoms with Crippen LogP contribution in [0.2, 0.25) is 10.0 Å². The molecule has 0 atom stereocenters. The third-order valence-corrected chi connectivity index (χ3v) is 7.73. The number of ether oxygens (including phenoxy) is 1. The molecule has 11 heteroatoms. The van der Waals surface area contributed by atoms with Crippen molar-refractivity contribution >= 4 is 68.0 Å². The Hall–Kier alpha value is -3.76. The molecule has 190 valence electrons. The maximum atomic E-state index is 12.6. The summed E-state index contributed by atoms with van der Waals surface area (Å²) in [6.45, 7) is -0.481. The molecule has 38 heavy (non-hydrogen) atoms. The molecule has 0 bridgehead atoms. The van der Waals surface area contributed by atoms with E-state index in [1.807, 2.05) is 41.8 Å². The summed E-state index contributed by atoms with van der Waals surface area (Å²) in [6.07, 6.45) is 0. The Labute approximate surface area is 235 Å². The molecule has 3 aromatic carbocycles. The molecule has 2 aromatic heterocycles. The van der Waals surface area contributed by atoms with E-state index < -0.39 is 18.5 Å². The zero-order valence-electron chi connectivity index (χ0n) is 19.5. The molecule has 3 N–H and O–H groups in total. The number of carbonyl (C=O) groups excluding carboxylic acids is 2. The van der Waals surface area contributed by atoms with Gasteiger partial charge in [-0.3, -0.25) is 10.1 Å². The van der Waals surface area contributed by atoms with Crippen LogP contribution in [0.15, 0.2) is 78.2 Å². The molecule has 0 aliphatic heterocycles. The molecule has 2 heterocycles. The van der Waals surface area contributed by atoms with E-state index in [4.69, 9.17) is 33.7 Å². The first kappa shape index (κ1) is 25.9. The van der Waals surface area contributed by atoms with Crippen molar-refractivity contribution in [1.29, 1.82) is 0 Å². The van der Waals surface area contributed by atoms with Gasteiger partial charge in [-0.15, -0.1) is 11.3 Å². The molecule has 0 saturated heterocycles. The first-order valence-corrected chi connectivity index (χ1v) is 13.6. The number of halogens is 2. The summed E-state index contributed by atoms with van der Waals surface area (Å²) >= 11 is 15.5. The van der Waals surface area contributed by atoms with Gasteiger partial charge in [0.05, 0.1) is 26.9 Å². The van der Waals surface area contributed by atoms with Gasteiger partial charge in [-0.2, -0.15) is 0 Å². The van der Waals surface area contributed by atoms with E-state index in [9.17, 15) is 9.59 Å². The number of nitrogens with zero attached hydrogens (tertiary/aromatic N) is 2. The Morgan fingerprint density at radius 3 is 2.18 bits per heavy atom. The van der Waals surface area contributed by atoms with Crippen molar-refractivity contribution < 1.29 is 14.3 Å². The van der Waals surface area contributed by atoms with Gasteiger partial charge in [0.1, 0.15) is 0 Å². The molecule has 0 fully saturated rings. The highest BCUT2D eigenvalue weighted by Gasteiger charge is 2.20. The zero-order valence-corrected chi connectivity index (χ0v) is 22.6. The first-order chi connectivity index (χ1) is 18.4. The smallest absolute Gasteiger partial charge is 0.338 e. The monoisotopic (exact) mass is 580 g/mol. The molecular weight excluding hydrogens is 563 g/mol. The minimum atomic E-state index is -0.628. The number of hydrogen-bond donors (Lipinski definition) is 2. The number of carbonyl (C=O) groups is 2. The number of aromatic nitrogens is 2. The van der Waals surface area contributed by atoms with Crippen molar-refractivity contribution in [3.63, 3.8) is 0 Å². The number of benzene rings is 3. The first-order valence-electron chi connectivity index (χ1n) is 11.2. The predicted octanol–water partition coefficient (Wildman–Crippen LogP) is 7.29. The van der Waals surface area contributed by atoms with Gasteiger partial charge in [-0.1, -0.05) is 83.1 Å². The summed E-state index contributed by atoms with van der Waals surface area (Å²) < 4.78 is 5.21. The van der Waals surface area contributed by atoms with Crippen LogP contribution in [0.4, 0.5) is 10.3 Å². The number of esters is 1. The van der Waals surface area contributed by atoms with Crippen LogP contribution in [0.3, 0.4) is 0 Å². The van der Waals surface area contributed by atoms with E-state index in [2.05, 4.69) is 15.3 Å². The number of nitrogens with one attached hydrogen (secondary N) is 1. The minimum absolute atomic E-state index is 0.306. The van der Waals surface area contributed by atoms with E-state index >= 15 is 0 Å². The Balaban J connectivity index is 1.29.